The first kappa shape index (κ1) is 30.8. The van der Waals surface area contributed by atoms with E-state index in [9.17, 15) is 0 Å². The maximum atomic E-state index is 6.74. The first-order valence-electron chi connectivity index (χ1n) is 12.8. The highest BCUT2D eigenvalue weighted by Crippen LogP contribution is 2.49. The van der Waals surface area contributed by atoms with Gasteiger partial charge in [-0.05, 0) is 49.9 Å². The maximum absolute atomic E-state index is 6.74. The molecule has 0 aromatic heterocycles. The van der Waals surface area contributed by atoms with Gasteiger partial charge in [-0.2, -0.15) is 0 Å². The molecule has 0 saturated heterocycles. The van der Waals surface area contributed by atoms with E-state index in [0.717, 1.165) is 51.4 Å². The highest BCUT2D eigenvalue weighted by molar-refractivity contribution is 6.95. The third-order valence-electron chi connectivity index (χ3n) is 5.41. The zero-order valence-electron chi connectivity index (χ0n) is 21.9. The average Bonchev–Trinajstić information content (AvgIpc) is 2.76. The Balaban J connectivity index is 6.64. The third kappa shape index (κ3) is 9.26. The first-order valence-corrected chi connectivity index (χ1v) is 16.6. The quantitative estimate of drug-likeness (QED) is 0.170. The van der Waals surface area contributed by atoms with Crippen molar-refractivity contribution in [2.24, 2.45) is 0 Å². The molecule has 0 N–H and O–H groups in total. The van der Waals surface area contributed by atoms with Crippen molar-refractivity contribution in [3.05, 3.63) is 23.6 Å². The molecule has 0 amide bonds. The minimum Gasteiger partial charge on any atom is -0.391 e. The topological polar surface area (TPSA) is 36.9 Å². The molecule has 31 heavy (non-hydrogen) atoms. The van der Waals surface area contributed by atoms with Crippen LogP contribution in [0, 0.1) is 0 Å². The van der Waals surface area contributed by atoms with E-state index < -0.39 is 17.1 Å². The van der Waals surface area contributed by atoms with Gasteiger partial charge in [0.1, 0.15) is 0 Å². The zero-order chi connectivity index (χ0) is 23.6. The molecule has 0 unspecified atom stereocenters. The SMILES string of the molecule is CCCC=C[Si](OCCC)(OCCC)C(C)(C)[Si](C=CCCC)(OCCC)OCCC. The van der Waals surface area contributed by atoms with Gasteiger partial charge in [0.15, 0.2) is 0 Å². The molecule has 0 aliphatic heterocycles. The summed E-state index contributed by atoms with van der Waals surface area (Å²) in [6.07, 6.45) is 12.7. The van der Waals surface area contributed by atoms with Crippen molar-refractivity contribution >= 4 is 17.1 Å². The summed E-state index contributed by atoms with van der Waals surface area (Å²) in [5.74, 6) is 0. The second-order valence-electron chi connectivity index (χ2n) is 8.74. The molecule has 0 radical (unpaired) electrons. The second-order valence-corrected chi connectivity index (χ2v) is 16.2. The van der Waals surface area contributed by atoms with Crippen LogP contribution in [0.15, 0.2) is 23.6 Å². The number of unbranched alkanes of at least 4 members (excludes halogenated alkanes) is 2. The van der Waals surface area contributed by atoms with Crippen LogP contribution in [0.25, 0.3) is 0 Å². The predicted octanol–water partition coefficient (Wildman–Crippen LogP) is 7.69. The lowest BCUT2D eigenvalue weighted by Crippen LogP contribution is -2.65. The fourth-order valence-electron chi connectivity index (χ4n) is 3.48. The Hall–Kier alpha value is -0.246. The maximum Gasteiger partial charge on any atom is 0.372 e. The molecule has 0 fully saturated rings. The molecular weight excluding hydrogens is 420 g/mol. The van der Waals surface area contributed by atoms with Crippen molar-refractivity contribution in [2.75, 3.05) is 26.4 Å². The van der Waals surface area contributed by atoms with Crippen molar-refractivity contribution in [1.29, 1.82) is 0 Å². The summed E-state index contributed by atoms with van der Waals surface area (Å²) in [6.45, 7) is 20.4. The minimum absolute atomic E-state index is 0.358. The molecular formula is C25H52O4Si2. The molecule has 0 aliphatic carbocycles. The highest BCUT2D eigenvalue weighted by atomic mass is 28.4. The van der Waals surface area contributed by atoms with Crippen LogP contribution in [-0.2, 0) is 17.7 Å². The Morgan fingerprint density at radius 2 is 0.806 bits per heavy atom. The van der Waals surface area contributed by atoms with Gasteiger partial charge in [-0.3, -0.25) is 0 Å². The Morgan fingerprint density at radius 1 is 0.516 bits per heavy atom. The number of hydrogen-bond acceptors (Lipinski definition) is 4. The van der Waals surface area contributed by atoms with Crippen LogP contribution < -0.4 is 0 Å². The Labute approximate surface area is 196 Å². The standard InChI is InChI=1S/C25H52O4Si2/c1-9-15-17-23-30(26-19-11-3,27-20-12-4)25(7,8)31(28-21-13-5,29-22-14-6)24-18-16-10-2/h17-18,23-24H,9-16,19-22H2,1-8H3. The van der Waals surface area contributed by atoms with Crippen LogP contribution in [0.1, 0.15) is 107 Å². The van der Waals surface area contributed by atoms with Crippen molar-refractivity contribution in [3.8, 4) is 0 Å². The van der Waals surface area contributed by atoms with E-state index in [4.69, 9.17) is 17.7 Å². The monoisotopic (exact) mass is 472 g/mol. The van der Waals surface area contributed by atoms with Crippen molar-refractivity contribution in [1.82, 2.24) is 0 Å². The van der Waals surface area contributed by atoms with E-state index in [2.05, 4.69) is 78.9 Å². The van der Waals surface area contributed by atoms with Crippen LogP contribution in [0.2, 0.25) is 4.66 Å². The summed E-state index contributed by atoms with van der Waals surface area (Å²) in [4.78, 5) is 0. The summed E-state index contributed by atoms with van der Waals surface area (Å²) in [7, 11) is -5.64. The normalized spacial score (nSPS) is 13.7. The van der Waals surface area contributed by atoms with E-state index >= 15 is 0 Å². The third-order valence-corrected chi connectivity index (χ3v) is 14.9. The minimum atomic E-state index is -2.82. The molecule has 0 bridgehead atoms. The molecule has 0 heterocycles. The van der Waals surface area contributed by atoms with Gasteiger partial charge in [0.05, 0.1) is 4.66 Å². The van der Waals surface area contributed by atoms with Crippen LogP contribution in [-0.4, -0.2) is 43.5 Å². The van der Waals surface area contributed by atoms with Crippen molar-refractivity contribution < 1.29 is 17.7 Å². The van der Waals surface area contributed by atoms with Gasteiger partial charge < -0.3 is 17.7 Å². The molecule has 0 rings (SSSR count). The summed E-state index contributed by atoms with van der Waals surface area (Å²) in [6, 6.07) is 0. The largest absolute Gasteiger partial charge is 0.391 e. The molecule has 0 atom stereocenters. The Morgan fingerprint density at radius 3 is 1.03 bits per heavy atom. The van der Waals surface area contributed by atoms with Crippen LogP contribution in [0.5, 0.6) is 0 Å². The summed E-state index contributed by atoms with van der Waals surface area (Å²) < 4.78 is 26.6. The summed E-state index contributed by atoms with van der Waals surface area (Å²) >= 11 is 0. The molecule has 0 spiro atoms. The van der Waals surface area contributed by atoms with E-state index in [0.29, 0.717) is 26.4 Å². The molecule has 0 aliphatic rings. The lowest BCUT2D eigenvalue weighted by Gasteiger charge is -2.49. The fraction of sp³-hybridized carbons (Fsp3) is 0.840. The van der Waals surface area contributed by atoms with Crippen molar-refractivity contribution in [2.45, 2.75) is 111 Å². The molecule has 184 valence electrons. The number of rotatable bonds is 20. The Bertz CT molecular complexity index is 434. The zero-order valence-corrected chi connectivity index (χ0v) is 23.9. The lowest BCUT2D eigenvalue weighted by molar-refractivity contribution is 0.131. The highest BCUT2D eigenvalue weighted by Gasteiger charge is 2.65. The van der Waals surface area contributed by atoms with Gasteiger partial charge in [0, 0.05) is 26.4 Å². The second kappa shape index (κ2) is 17.3. The Kier molecular flexibility index (Phi) is 17.1. The van der Waals surface area contributed by atoms with Crippen LogP contribution in [0.3, 0.4) is 0 Å². The first-order chi connectivity index (χ1) is 14.9. The van der Waals surface area contributed by atoms with E-state index in [1.807, 2.05) is 0 Å². The van der Waals surface area contributed by atoms with Gasteiger partial charge in [-0.1, -0.05) is 80.4 Å². The van der Waals surface area contributed by atoms with Gasteiger partial charge in [0.25, 0.3) is 0 Å². The summed E-state index contributed by atoms with van der Waals surface area (Å²) in [5, 5.41) is 0. The molecule has 4 nitrogen and oxygen atoms in total. The predicted molar refractivity (Wildman–Crippen MR) is 139 cm³/mol. The van der Waals surface area contributed by atoms with Gasteiger partial charge >= 0.3 is 17.1 Å². The van der Waals surface area contributed by atoms with E-state index in [1.54, 1.807) is 0 Å². The van der Waals surface area contributed by atoms with Crippen LogP contribution in [0.4, 0.5) is 0 Å². The number of hydrogen-bond donors (Lipinski definition) is 0. The van der Waals surface area contributed by atoms with E-state index in [1.165, 1.54) is 0 Å². The molecule has 6 heteroatoms. The number of allylic oxidation sites excluding steroid dienone is 2. The van der Waals surface area contributed by atoms with Crippen LogP contribution >= 0.6 is 0 Å². The average molecular weight is 473 g/mol. The van der Waals surface area contributed by atoms with Gasteiger partial charge in [-0.25, -0.2) is 0 Å². The summed E-state index contributed by atoms with van der Waals surface area (Å²) in [5.41, 5.74) is 4.59. The smallest absolute Gasteiger partial charge is 0.372 e. The van der Waals surface area contributed by atoms with Gasteiger partial charge in [0.2, 0.25) is 0 Å². The molecule has 0 aromatic rings. The lowest BCUT2D eigenvalue weighted by atomic mass is 10.3. The van der Waals surface area contributed by atoms with Crippen molar-refractivity contribution in [3.63, 3.8) is 0 Å². The molecule has 0 saturated carbocycles. The van der Waals surface area contributed by atoms with Gasteiger partial charge in [-0.15, -0.1) is 0 Å². The van der Waals surface area contributed by atoms with E-state index in [-0.39, 0.29) is 4.66 Å². The fourth-order valence-corrected chi connectivity index (χ4v) is 12.6. The molecule has 0 aromatic carbocycles.